The molecule has 1 aliphatic heterocycles. The van der Waals surface area contributed by atoms with Gasteiger partial charge in [0.2, 0.25) is 0 Å². The molecule has 1 saturated heterocycles. The van der Waals surface area contributed by atoms with E-state index in [1.165, 1.54) is 27.5 Å². The molecule has 9 heteroatoms. The van der Waals surface area contributed by atoms with Crippen molar-refractivity contribution >= 4 is 33.2 Å². The predicted molar refractivity (Wildman–Crippen MR) is 79.3 cm³/mol. The molecule has 2 N–H and O–H groups in total. The first-order valence-electron chi connectivity index (χ1n) is 6.25. The van der Waals surface area contributed by atoms with E-state index in [2.05, 4.69) is 5.10 Å². The van der Waals surface area contributed by atoms with Crippen molar-refractivity contribution in [1.82, 2.24) is 14.7 Å². The minimum absolute atomic E-state index is 0.271. The SMILES string of the molecule is CCn1ncc(N)c1C(=O)N1CCSCC1S(C)(=O)=O. The van der Waals surface area contributed by atoms with Gasteiger partial charge in [-0.1, -0.05) is 0 Å². The Morgan fingerprint density at radius 1 is 1.60 bits per heavy atom. The highest BCUT2D eigenvalue weighted by molar-refractivity contribution is 8.00. The molecule has 112 valence electrons. The second kappa shape index (κ2) is 5.65. The highest BCUT2D eigenvalue weighted by Crippen LogP contribution is 2.24. The van der Waals surface area contributed by atoms with Gasteiger partial charge in [-0.25, -0.2) is 8.42 Å². The summed E-state index contributed by atoms with van der Waals surface area (Å²) in [4.78, 5) is 14.0. The fourth-order valence-corrected chi connectivity index (χ4v) is 4.99. The molecule has 1 amide bonds. The van der Waals surface area contributed by atoms with Gasteiger partial charge < -0.3 is 10.6 Å². The maximum Gasteiger partial charge on any atom is 0.275 e. The van der Waals surface area contributed by atoms with Crippen LogP contribution in [0.3, 0.4) is 0 Å². The lowest BCUT2D eigenvalue weighted by Gasteiger charge is -2.34. The largest absolute Gasteiger partial charge is 0.396 e. The predicted octanol–water partition coefficient (Wildman–Crippen LogP) is 0.0449. The van der Waals surface area contributed by atoms with Crippen LogP contribution in [0.25, 0.3) is 0 Å². The normalized spacial score (nSPS) is 20.1. The Morgan fingerprint density at radius 2 is 2.30 bits per heavy atom. The third-order valence-electron chi connectivity index (χ3n) is 3.21. The Labute approximate surface area is 122 Å². The number of hydrogen-bond donors (Lipinski definition) is 1. The number of aryl methyl sites for hydroxylation is 1. The van der Waals surface area contributed by atoms with Crippen LogP contribution >= 0.6 is 11.8 Å². The van der Waals surface area contributed by atoms with Crippen LogP contribution in [0.5, 0.6) is 0 Å². The number of carbonyl (C=O) groups excluding carboxylic acids is 1. The lowest BCUT2D eigenvalue weighted by molar-refractivity contribution is 0.0738. The average molecular weight is 318 g/mol. The van der Waals surface area contributed by atoms with Gasteiger partial charge >= 0.3 is 0 Å². The van der Waals surface area contributed by atoms with Gasteiger partial charge in [-0.15, -0.1) is 0 Å². The molecule has 0 radical (unpaired) electrons. The van der Waals surface area contributed by atoms with Gasteiger partial charge in [0, 0.05) is 30.9 Å². The number of rotatable bonds is 3. The lowest BCUT2D eigenvalue weighted by atomic mass is 10.3. The summed E-state index contributed by atoms with van der Waals surface area (Å²) in [6.45, 7) is 2.75. The molecule has 0 saturated carbocycles. The van der Waals surface area contributed by atoms with E-state index in [0.29, 0.717) is 18.8 Å². The van der Waals surface area contributed by atoms with Gasteiger partial charge in [0.1, 0.15) is 11.1 Å². The van der Waals surface area contributed by atoms with Crippen molar-refractivity contribution in [2.45, 2.75) is 18.8 Å². The van der Waals surface area contributed by atoms with Crippen molar-refractivity contribution < 1.29 is 13.2 Å². The number of nitrogen functional groups attached to an aromatic ring is 1. The monoisotopic (exact) mass is 318 g/mol. The second-order valence-electron chi connectivity index (χ2n) is 4.62. The molecular weight excluding hydrogens is 300 g/mol. The quantitative estimate of drug-likeness (QED) is 0.845. The number of anilines is 1. The summed E-state index contributed by atoms with van der Waals surface area (Å²) in [6, 6.07) is 0. The van der Waals surface area contributed by atoms with Gasteiger partial charge in [-0.05, 0) is 6.92 Å². The molecule has 7 nitrogen and oxygen atoms in total. The minimum atomic E-state index is -3.33. The highest BCUT2D eigenvalue weighted by Gasteiger charge is 2.36. The molecule has 0 aromatic carbocycles. The molecule has 1 aromatic heterocycles. The molecule has 2 heterocycles. The summed E-state index contributed by atoms with van der Waals surface area (Å²) < 4.78 is 25.2. The zero-order chi connectivity index (χ0) is 14.9. The Hall–Kier alpha value is -1.22. The lowest BCUT2D eigenvalue weighted by Crippen LogP contribution is -2.50. The van der Waals surface area contributed by atoms with Crippen molar-refractivity contribution in [2.24, 2.45) is 0 Å². The number of nitrogens with zero attached hydrogens (tertiary/aromatic N) is 3. The Morgan fingerprint density at radius 3 is 2.90 bits per heavy atom. The van der Waals surface area contributed by atoms with E-state index in [0.717, 1.165) is 12.0 Å². The Kier molecular flexibility index (Phi) is 4.28. The molecule has 1 aromatic rings. The summed E-state index contributed by atoms with van der Waals surface area (Å²) in [6.07, 6.45) is 2.58. The maximum atomic E-state index is 12.6. The van der Waals surface area contributed by atoms with Gasteiger partial charge in [0.05, 0.1) is 11.9 Å². The van der Waals surface area contributed by atoms with E-state index in [9.17, 15) is 13.2 Å². The van der Waals surface area contributed by atoms with Crippen molar-refractivity contribution in [3.63, 3.8) is 0 Å². The molecule has 1 fully saturated rings. The Balaban J connectivity index is 2.37. The summed E-state index contributed by atoms with van der Waals surface area (Å²) >= 11 is 1.54. The molecule has 0 aliphatic carbocycles. The maximum absolute atomic E-state index is 12.6. The number of carbonyl (C=O) groups is 1. The average Bonchev–Trinajstić information content (AvgIpc) is 2.78. The molecule has 20 heavy (non-hydrogen) atoms. The third-order valence-corrected chi connectivity index (χ3v) is 5.85. The number of thioether (sulfide) groups is 1. The van der Waals surface area contributed by atoms with Crippen molar-refractivity contribution in [3.8, 4) is 0 Å². The van der Waals surface area contributed by atoms with Crippen LogP contribution in [0.1, 0.15) is 17.4 Å². The first kappa shape index (κ1) is 15.2. The van der Waals surface area contributed by atoms with Crippen LogP contribution in [-0.4, -0.2) is 58.7 Å². The van der Waals surface area contributed by atoms with Crippen molar-refractivity contribution in [2.75, 3.05) is 30.0 Å². The van der Waals surface area contributed by atoms with Crippen LogP contribution in [0.2, 0.25) is 0 Å². The smallest absolute Gasteiger partial charge is 0.275 e. The summed E-state index contributed by atoms with van der Waals surface area (Å²) in [5.41, 5.74) is 6.34. The van der Waals surface area contributed by atoms with Crippen LogP contribution in [0.4, 0.5) is 5.69 Å². The van der Waals surface area contributed by atoms with Gasteiger partial charge in [-0.2, -0.15) is 16.9 Å². The fourth-order valence-electron chi connectivity index (χ4n) is 2.18. The second-order valence-corrected chi connectivity index (χ2v) is 7.97. The van der Waals surface area contributed by atoms with E-state index in [1.54, 1.807) is 0 Å². The van der Waals surface area contributed by atoms with E-state index in [4.69, 9.17) is 5.73 Å². The molecule has 1 aliphatic rings. The molecule has 0 spiro atoms. The molecule has 1 unspecified atom stereocenters. The van der Waals surface area contributed by atoms with E-state index < -0.39 is 15.2 Å². The van der Waals surface area contributed by atoms with Gasteiger partial charge in [-0.3, -0.25) is 9.48 Å². The standard InChI is InChI=1S/C11H18N4O3S2/c1-3-15-10(8(12)6-13-15)11(16)14-4-5-19-7-9(14)20(2,17)18/h6,9H,3-5,7,12H2,1-2H3. The number of hydrogen-bond acceptors (Lipinski definition) is 6. The first-order valence-corrected chi connectivity index (χ1v) is 9.36. The van der Waals surface area contributed by atoms with E-state index in [-0.39, 0.29) is 17.3 Å². The van der Waals surface area contributed by atoms with Crippen LogP contribution in [-0.2, 0) is 16.4 Å². The zero-order valence-corrected chi connectivity index (χ0v) is 13.1. The molecule has 2 rings (SSSR count). The number of aromatic nitrogens is 2. The summed E-state index contributed by atoms with van der Waals surface area (Å²) in [5.74, 6) is 0.750. The minimum Gasteiger partial charge on any atom is -0.396 e. The number of amides is 1. The van der Waals surface area contributed by atoms with Crippen LogP contribution in [0.15, 0.2) is 6.20 Å². The molecular formula is C11H18N4O3S2. The fraction of sp³-hybridized carbons (Fsp3) is 0.636. The van der Waals surface area contributed by atoms with Crippen molar-refractivity contribution in [1.29, 1.82) is 0 Å². The Bertz CT molecular complexity index is 611. The van der Waals surface area contributed by atoms with Crippen LogP contribution in [0, 0.1) is 0 Å². The summed E-state index contributed by atoms with van der Waals surface area (Å²) in [7, 11) is -3.33. The van der Waals surface area contributed by atoms with Gasteiger partial charge in [0.15, 0.2) is 9.84 Å². The first-order chi connectivity index (χ1) is 9.36. The number of nitrogens with two attached hydrogens (primary N) is 1. The van der Waals surface area contributed by atoms with Gasteiger partial charge in [0.25, 0.3) is 5.91 Å². The molecule has 0 bridgehead atoms. The molecule has 1 atom stereocenters. The summed E-state index contributed by atoms with van der Waals surface area (Å²) in [5, 5.41) is 3.23. The number of sulfone groups is 1. The van der Waals surface area contributed by atoms with E-state index >= 15 is 0 Å². The topological polar surface area (TPSA) is 98.3 Å². The third kappa shape index (κ3) is 2.78. The van der Waals surface area contributed by atoms with Crippen LogP contribution < -0.4 is 5.73 Å². The van der Waals surface area contributed by atoms with Crippen molar-refractivity contribution in [3.05, 3.63) is 11.9 Å². The highest BCUT2D eigenvalue weighted by atomic mass is 32.2. The van der Waals surface area contributed by atoms with E-state index in [1.807, 2.05) is 6.92 Å². The zero-order valence-electron chi connectivity index (χ0n) is 11.4.